The van der Waals surface area contributed by atoms with Gasteiger partial charge in [0, 0.05) is 10.9 Å². The molecule has 0 spiro atoms. The number of anilines is 2. The number of amides is 2. The van der Waals surface area contributed by atoms with Gasteiger partial charge in [-0.15, -0.1) is 11.3 Å². The number of thiazole rings is 1. The van der Waals surface area contributed by atoms with Crippen molar-refractivity contribution in [2.45, 2.75) is 0 Å². The summed E-state index contributed by atoms with van der Waals surface area (Å²) in [7, 11) is 1.51. The SMILES string of the molecule is COc1ccccc1NC(=O)Nc1nc(-c2ccc(F)c(F)c2)cs1. The van der Waals surface area contributed by atoms with Crippen molar-refractivity contribution in [3.05, 3.63) is 59.5 Å². The number of methoxy groups -OCH3 is 1. The van der Waals surface area contributed by atoms with E-state index in [1.54, 1.807) is 29.6 Å². The summed E-state index contributed by atoms with van der Waals surface area (Å²) < 4.78 is 31.5. The van der Waals surface area contributed by atoms with Crippen LogP contribution in [0.4, 0.5) is 24.4 Å². The molecule has 3 aromatic rings. The van der Waals surface area contributed by atoms with Crippen LogP contribution >= 0.6 is 11.3 Å². The van der Waals surface area contributed by atoms with Crippen LogP contribution in [0, 0.1) is 11.6 Å². The molecule has 3 rings (SSSR count). The maximum absolute atomic E-state index is 13.3. The lowest BCUT2D eigenvalue weighted by molar-refractivity contribution is 0.262. The molecule has 0 fully saturated rings. The fourth-order valence-corrected chi connectivity index (χ4v) is 2.83. The number of ether oxygens (including phenoxy) is 1. The van der Waals surface area contributed by atoms with Crippen LogP contribution in [0.1, 0.15) is 0 Å². The van der Waals surface area contributed by atoms with E-state index in [-0.39, 0.29) is 0 Å². The smallest absolute Gasteiger partial charge is 0.325 e. The Labute approximate surface area is 146 Å². The highest BCUT2D eigenvalue weighted by molar-refractivity contribution is 7.14. The number of hydrogen-bond donors (Lipinski definition) is 2. The summed E-state index contributed by atoms with van der Waals surface area (Å²) in [5, 5.41) is 7.22. The Morgan fingerprint density at radius 2 is 1.92 bits per heavy atom. The molecular weight excluding hydrogens is 348 g/mol. The maximum Gasteiger partial charge on any atom is 0.325 e. The van der Waals surface area contributed by atoms with Crippen molar-refractivity contribution in [1.29, 1.82) is 0 Å². The van der Waals surface area contributed by atoms with Crippen LogP contribution in [0.15, 0.2) is 47.8 Å². The molecule has 0 saturated heterocycles. The molecule has 8 heteroatoms. The molecule has 0 aliphatic rings. The predicted octanol–water partition coefficient (Wildman–Crippen LogP) is 4.74. The third kappa shape index (κ3) is 3.92. The number of aromatic nitrogens is 1. The largest absolute Gasteiger partial charge is 0.495 e. The first-order valence-corrected chi connectivity index (χ1v) is 8.07. The van der Waals surface area contributed by atoms with Gasteiger partial charge < -0.3 is 10.1 Å². The fraction of sp³-hybridized carbons (Fsp3) is 0.0588. The average molecular weight is 361 g/mol. The number of benzene rings is 2. The predicted molar refractivity (Wildman–Crippen MR) is 93.1 cm³/mol. The van der Waals surface area contributed by atoms with Crippen LogP contribution in [0.5, 0.6) is 5.75 Å². The number of para-hydroxylation sites is 2. The minimum Gasteiger partial charge on any atom is -0.495 e. The minimum absolute atomic E-state index is 0.326. The van der Waals surface area contributed by atoms with Gasteiger partial charge in [-0.25, -0.2) is 18.6 Å². The highest BCUT2D eigenvalue weighted by Crippen LogP contribution is 2.27. The number of rotatable bonds is 4. The number of nitrogens with zero attached hydrogens (tertiary/aromatic N) is 1. The topological polar surface area (TPSA) is 63.2 Å². The van der Waals surface area contributed by atoms with E-state index in [0.717, 1.165) is 12.1 Å². The van der Waals surface area contributed by atoms with E-state index >= 15 is 0 Å². The fourth-order valence-electron chi connectivity index (χ4n) is 2.12. The lowest BCUT2D eigenvalue weighted by Gasteiger charge is -2.09. The van der Waals surface area contributed by atoms with Gasteiger partial charge in [0.1, 0.15) is 5.75 Å². The summed E-state index contributed by atoms with van der Waals surface area (Å²) in [6, 6.07) is 10.0. The van der Waals surface area contributed by atoms with Crippen LogP contribution in [0.3, 0.4) is 0 Å². The summed E-state index contributed by atoms with van der Waals surface area (Å²) in [5.74, 6) is -1.35. The first kappa shape index (κ1) is 16.8. The van der Waals surface area contributed by atoms with Gasteiger partial charge in [0.25, 0.3) is 0 Å². The molecule has 25 heavy (non-hydrogen) atoms. The van der Waals surface area contributed by atoms with E-state index in [2.05, 4.69) is 15.6 Å². The molecular formula is C17H13F2N3O2S. The number of carbonyl (C=O) groups is 1. The summed E-state index contributed by atoms with van der Waals surface area (Å²) in [6.45, 7) is 0. The van der Waals surface area contributed by atoms with E-state index in [4.69, 9.17) is 4.74 Å². The second kappa shape index (κ2) is 7.27. The summed E-state index contributed by atoms with van der Waals surface area (Å²) in [5.41, 5.74) is 1.38. The molecule has 2 amide bonds. The molecule has 0 saturated carbocycles. The van der Waals surface area contributed by atoms with Crippen LogP contribution < -0.4 is 15.4 Å². The molecule has 0 aliphatic carbocycles. The molecule has 0 aliphatic heterocycles. The van der Waals surface area contributed by atoms with Crippen molar-refractivity contribution in [3.8, 4) is 17.0 Å². The zero-order chi connectivity index (χ0) is 17.8. The van der Waals surface area contributed by atoms with Crippen molar-refractivity contribution in [2.75, 3.05) is 17.7 Å². The quantitative estimate of drug-likeness (QED) is 0.705. The average Bonchev–Trinajstić information content (AvgIpc) is 3.06. The zero-order valence-electron chi connectivity index (χ0n) is 13.0. The van der Waals surface area contributed by atoms with Crippen LogP contribution in [0.2, 0.25) is 0 Å². The van der Waals surface area contributed by atoms with Gasteiger partial charge in [-0.2, -0.15) is 0 Å². The molecule has 0 radical (unpaired) electrons. The lowest BCUT2D eigenvalue weighted by Crippen LogP contribution is -2.19. The summed E-state index contributed by atoms with van der Waals surface area (Å²) in [6.07, 6.45) is 0. The molecule has 0 atom stereocenters. The molecule has 1 heterocycles. The van der Waals surface area contributed by atoms with Gasteiger partial charge in [-0.1, -0.05) is 12.1 Å². The van der Waals surface area contributed by atoms with Gasteiger partial charge >= 0.3 is 6.03 Å². The maximum atomic E-state index is 13.3. The molecule has 0 unspecified atom stereocenters. The summed E-state index contributed by atoms with van der Waals surface area (Å²) in [4.78, 5) is 16.3. The first-order chi connectivity index (χ1) is 12.1. The third-order valence-corrected chi connectivity index (χ3v) is 4.05. The van der Waals surface area contributed by atoms with E-state index in [1.165, 1.54) is 24.5 Å². The van der Waals surface area contributed by atoms with Gasteiger partial charge in [-0.05, 0) is 30.3 Å². The van der Waals surface area contributed by atoms with E-state index in [1.807, 2.05) is 0 Å². The Morgan fingerprint density at radius 3 is 2.68 bits per heavy atom. The van der Waals surface area contributed by atoms with Crippen molar-refractivity contribution in [1.82, 2.24) is 4.98 Å². The standard InChI is InChI=1S/C17H13F2N3O2S/c1-24-15-5-3-2-4-13(15)20-16(23)22-17-21-14(9-25-17)10-6-7-11(18)12(19)8-10/h2-9H,1H3,(H2,20,21,22,23). The number of nitrogens with one attached hydrogen (secondary N) is 2. The highest BCUT2D eigenvalue weighted by Gasteiger charge is 2.11. The molecule has 128 valence electrons. The second-order valence-corrected chi connectivity index (χ2v) is 5.80. The Bertz CT molecular complexity index is 914. The van der Waals surface area contributed by atoms with Crippen LogP contribution in [-0.4, -0.2) is 18.1 Å². The molecule has 1 aromatic heterocycles. The number of halogens is 2. The monoisotopic (exact) mass is 361 g/mol. The van der Waals surface area contributed by atoms with Crippen LogP contribution in [-0.2, 0) is 0 Å². The first-order valence-electron chi connectivity index (χ1n) is 7.19. The van der Waals surface area contributed by atoms with Crippen molar-refractivity contribution >= 4 is 28.2 Å². The Kier molecular flexibility index (Phi) is 4.90. The van der Waals surface area contributed by atoms with Crippen LogP contribution in [0.25, 0.3) is 11.3 Å². The molecule has 5 nitrogen and oxygen atoms in total. The van der Waals surface area contributed by atoms with E-state index in [0.29, 0.717) is 27.8 Å². The lowest BCUT2D eigenvalue weighted by atomic mass is 10.2. The van der Waals surface area contributed by atoms with Crippen molar-refractivity contribution < 1.29 is 18.3 Å². The van der Waals surface area contributed by atoms with E-state index < -0.39 is 17.7 Å². The zero-order valence-corrected chi connectivity index (χ0v) is 13.9. The normalized spacial score (nSPS) is 10.4. The van der Waals surface area contributed by atoms with Gasteiger partial charge in [0.2, 0.25) is 0 Å². The Hall–Kier alpha value is -3.00. The second-order valence-electron chi connectivity index (χ2n) is 4.95. The molecule has 2 N–H and O–H groups in total. The Morgan fingerprint density at radius 1 is 1.12 bits per heavy atom. The number of carbonyl (C=O) groups excluding carboxylic acids is 1. The third-order valence-electron chi connectivity index (χ3n) is 3.30. The van der Waals surface area contributed by atoms with Gasteiger partial charge in [-0.3, -0.25) is 5.32 Å². The molecule has 2 aromatic carbocycles. The van der Waals surface area contributed by atoms with Crippen molar-refractivity contribution in [3.63, 3.8) is 0 Å². The highest BCUT2D eigenvalue weighted by atomic mass is 32.1. The summed E-state index contributed by atoms with van der Waals surface area (Å²) >= 11 is 1.17. The van der Waals surface area contributed by atoms with Crippen molar-refractivity contribution in [2.24, 2.45) is 0 Å². The number of urea groups is 1. The minimum atomic E-state index is -0.950. The van der Waals surface area contributed by atoms with Gasteiger partial charge in [0.05, 0.1) is 18.5 Å². The number of hydrogen-bond acceptors (Lipinski definition) is 4. The van der Waals surface area contributed by atoms with Gasteiger partial charge in [0.15, 0.2) is 16.8 Å². The Balaban J connectivity index is 1.70. The molecule has 0 bridgehead atoms. The van der Waals surface area contributed by atoms with E-state index in [9.17, 15) is 13.6 Å².